The summed E-state index contributed by atoms with van der Waals surface area (Å²) in [4.78, 5) is 8.23. The first-order valence-corrected chi connectivity index (χ1v) is 7.54. The van der Waals surface area contributed by atoms with Gasteiger partial charge in [-0.2, -0.15) is 0 Å². The van der Waals surface area contributed by atoms with Gasteiger partial charge < -0.3 is 15.1 Å². The molecule has 0 spiro atoms. The third-order valence-electron chi connectivity index (χ3n) is 3.88. The zero-order valence-corrected chi connectivity index (χ0v) is 13.0. The Bertz CT molecular complexity index is 479. The van der Waals surface area contributed by atoms with Crippen molar-refractivity contribution in [1.82, 2.24) is 9.88 Å². The van der Waals surface area contributed by atoms with Crippen LogP contribution in [0.5, 0.6) is 0 Å². The molecule has 0 aromatic carbocycles. The lowest BCUT2D eigenvalue weighted by Crippen LogP contribution is -2.45. The number of anilines is 2. The zero-order valence-electron chi connectivity index (χ0n) is 13.0. The van der Waals surface area contributed by atoms with Crippen LogP contribution < -0.4 is 10.2 Å². The van der Waals surface area contributed by atoms with Crippen molar-refractivity contribution in [1.29, 1.82) is 0 Å². The first kappa shape index (κ1) is 15.9. The molecule has 21 heavy (non-hydrogen) atoms. The Labute approximate surface area is 125 Å². The second-order valence-electron chi connectivity index (χ2n) is 5.76. The molecule has 0 aliphatic carbocycles. The topological polar surface area (TPSA) is 31.4 Å². The van der Waals surface area contributed by atoms with E-state index in [9.17, 15) is 8.78 Å². The number of pyridine rings is 1. The SMILES string of the molecule is CCCNc1nc(N2CCCC(N(C)C)C2)c(F)cc1F. The van der Waals surface area contributed by atoms with Gasteiger partial charge in [0.15, 0.2) is 23.3 Å². The van der Waals surface area contributed by atoms with Gasteiger partial charge in [-0.3, -0.25) is 0 Å². The maximum atomic E-state index is 14.1. The summed E-state index contributed by atoms with van der Waals surface area (Å²) in [6.07, 6.45) is 2.94. The van der Waals surface area contributed by atoms with E-state index in [4.69, 9.17) is 0 Å². The van der Waals surface area contributed by atoms with Gasteiger partial charge in [0.2, 0.25) is 0 Å². The molecule has 1 unspecified atom stereocenters. The molecule has 1 fully saturated rings. The molecule has 1 N–H and O–H groups in total. The summed E-state index contributed by atoms with van der Waals surface area (Å²) in [6, 6.07) is 1.30. The van der Waals surface area contributed by atoms with Crippen LogP contribution >= 0.6 is 0 Å². The molecule has 4 nitrogen and oxygen atoms in total. The van der Waals surface area contributed by atoms with Gasteiger partial charge in [-0.05, 0) is 33.4 Å². The smallest absolute Gasteiger partial charge is 0.168 e. The van der Waals surface area contributed by atoms with Gasteiger partial charge in [-0.1, -0.05) is 6.92 Å². The van der Waals surface area contributed by atoms with E-state index in [1.165, 1.54) is 0 Å². The second-order valence-corrected chi connectivity index (χ2v) is 5.76. The molecule has 2 rings (SSSR count). The van der Waals surface area contributed by atoms with E-state index in [-0.39, 0.29) is 11.6 Å². The molecule has 1 aliphatic rings. The van der Waals surface area contributed by atoms with Crippen LogP contribution in [0.1, 0.15) is 26.2 Å². The first-order valence-electron chi connectivity index (χ1n) is 7.54. The quantitative estimate of drug-likeness (QED) is 0.905. The summed E-state index contributed by atoms with van der Waals surface area (Å²) in [5, 5.41) is 2.91. The van der Waals surface area contributed by atoms with Crippen molar-refractivity contribution >= 4 is 11.6 Å². The summed E-state index contributed by atoms with van der Waals surface area (Å²) in [5.74, 6) is -0.832. The highest BCUT2D eigenvalue weighted by Gasteiger charge is 2.25. The number of halogens is 2. The summed E-state index contributed by atoms with van der Waals surface area (Å²) in [7, 11) is 4.05. The first-order chi connectivity index (χ1) is 10.0. The highest BCUT2D eigenvalue weighted by atomic mass is 19.1. The van der Waals surface area contributed by atoms with Crippen molar-refractivity contribution in [3.05, 3.63) is 17.7 Å². The highest BCUT2D eigenvalue weighted by Crippen LogP contribution is 2.26. The third-order valence-corrected chi connectivity index (χ3v) is 3.88. The van der Waals surface area contributed by atoms with Crippen molar-refractivity contribution in [2.75, 3.05) is 43.9 Å². The maximum absolute atomic E-state index is 14.1. The minimum Gasteiger partial charge on any atom is -0.368 e. The Balaban J connectivity index is 2.21. The average molecular weight is 298 g/mol. The summed E-state index contributed by atoms with van der Waals surface area (Å²) in [5.41, 5.74) is 0. The standard InChI is InChI=1S/C15H24F2N4/c1-4-7-18-14-12(16)9-13(17)15(19-14)21-8-5-6-11(10-21)20(2)3/h9,11H,4-8,10H2,1-3H3,(H,18,19). The normalized spacial score (nSPS) is 19.1. The van der Waals surface area contributed by atoms with Gasteiger partial charge in [0.1, 0.15) is 0 Å². The van der Waals surface area contributed by atoms with Crippen LogP contribution in [0.25, 0.3) is 0 Å². The number of hydrogen-bond acceptors (Lipinski definition) is 4. The Kier molecular flexibility index (Phi) is 5.33. The molecule has 118 valence electrons. The zero-order chi connectivity index (χ0) is 15.4. The molecule has 1 aromatic heterocycles. The Morgan fingerprint density at radius 1 is 1.38 bits per heavy atom. The fourth-order valence-electron chi connectivity index (χ4n) is 2.61. The lowest BCUT2D eigenvalue weighted by atomic mass is 10.0. The average Bonchev–Trinajstić information content (AvgIpc) is 2.46. The van der Waals surface area contributed by atoms with Crippen LogP contribution in [-0.4, -0.2) is 49.7 Å². The minimum absolute atomic E-state index is 0.139. The van der Waals surface area contributed by atoms with Gasteiger partial charge >= 0.3 is 0 Å². The number of piperidine rings is 1. The fourth-order valence-corrected chi connectivity index (χ4v) is 2.61. The van der Waals surface area contributed by atoms with Crippen molar-refractivity contribution in [2.24, 2.45) is 0 Å². The molecule has 0 saturated carbocycles. The lowest BCUT2D eigenvalue weighted by molar-refractivity contribution is 0.257. The number of nitrogens with one attached hydrogen (secondary N) is 1. The van der Waals surface area contributed by atoms with Crippen LogP contribution in [0.2, 0.25) is 0 Å². The van der Waals surface area contributed by atoms with E-state index in [0.29, 0.717) is 12.6 Å². The molecule has 1 atom stereocenters. The van der Waals surface area contributed by atoms with Crippen LogP contribution in [0.3, 0.4) is 0 Å². The van der Waals surface area contributed by atoms with Crippen molar-refractivity contribution in [2.45, 2.75) is 32.2 Å². The summed E-state index contributed by atoms with van der Waals surface area (Å²) >= 11 is 0. The lowest BCUT2D eigenvalue weighted by Gasteiger charge is -2.37. The highest BCUT2D eigenvalue weighted by molar-refractivity contribution is 5.49. The van der Waals surface area contributed by atoms with Gasteiger partial charge in [0, 0.05) is 31.7 Å². The van der Waals surface area contributed by atoms with Crippen molar-refractivity contribution < 1.29 is 8.78 Å². The van der Waals surface area contributed by atoms with Gasteiger partial charge in [-0.15, -0.1) is 0 Å². The van der Waals surface area contributed by atoms with Gasteiger partial charge in [0.25, 0.3) is 0 Å². The molecular weight excluding hydrogens is 274 g/mol. The van der Waals surface area contributed by atoms with Crippen molar-refractivity contribution in [3.63, 3.8) is 0 Å². The molecule has 2 heterocycles. The van der Waals surface area contributed by atoms with E-state index in [2.05, 4.69) is 15.2 Å². The molecule has 1 aliphatic heterocycles. The van der Waals surface area contributed by atoms with Crippen molar-refractivity contribution in [3.8, 4) is 0 Å². The molecule has 6 heteroatoms. The predicted octanol–water partition coefficient (Wildman–Crippen LogP) is 2.71. The minimum atomic E-state index is -0.633. The van der Waals surface area contributed by atoms with E-state index in [1.54, 1.807) is 0 Å². The molecule has 1 aromatic rings. The number of aromatic nitrogens is 1. The number of likely N-dealkylation sites (N-methyl/N-ethyl adjacent to an activating group) is 1. The largest absolute Gasteiger partial charge is 0.368 e. The Morgan fingerprint density at radius 3 is 2.81 bits per heavy atom. The third kappa shape index (κ3) is 3.81. The van der Waals surface area contributed by atoms with Crippen LogP contribution in [0.4, 0.5) is 20.4 Å². The Morgan fingerprint density at radius 2 is 2.14 bits per heavy atom. The second kappa shape index (κ2) is 7.02. The molecule has 0 bridgehead atoms. The number of hydrogen-bond donors (Lipinski definition) is 1. The molecular formula is C15H24F2N4. The van der Waals surface area contributed by atoms with E-state index < -0.39 is 11.6 Å². The fraction of sp³-hybridized carbons (Fsp3) is 0.667. The van der Waals surface area contributed by atoms with E-state index >= 15 is 0 Å². The van der Waals surface area contributed by atoms with E-state index in [1.807, 2.05) is 25.9 Å². The molecule has 0 amide bonds. The molecule has 1 saturated heterocycles. The van der Waals surface area contributed by atoms with Crippen LogP contribution in [0, 0.1) is 11.6 Å². The maximum Gasteiger partial charge on any atom is 0.168 e. The van der Waals surface area contributed by atoms with Crippen LogP contribution in [-0.2, 0) is 0 Å². The molecule has 0 radical (unpaired) electrons. The van der Waals surface area contributed by atoms with Gasteiger partial charge in [-0.25, -0.2) is 13.8 Å². The Hall–Kier alpha value is -1.43. The summed E-state index contributed by atoms with van der Waals surface area (Å²) < 4.78 is 27.8. The summed E-state index contributed by atoms with van der Waals surface area (Å²) in [6.45, 7) is 4.08. The number of nitrogens with zero attached hydrogens (tertiary/aromatic N) is 3. The predicted molar refractivity (Wildman–Crippen MR) is 81.9 cm³/mol. The number of rotatable bonds is 5. The van der Waals surface area contributed by atoms with Crippen LogP contribution in [0.15, 0.2) is 6.07 Å². The van der Waals surface area contributed by atoms with Gasteiger partial charge in [0.05, 0.1) is 0 Å². The monoisotopic (exact) mass is 298 g/mol. The van der Waals surface area contributed by atoms with E-state index in [0.717, 1.165) is 38.4 Å².